The molecule has 0 fully saturated rings. The Bertz CT molecular complexity index is 1410. The number of carbonyl (C=O) groups is 2. The number of fused-ring (bicyclic) bond motifs is 2. The molecule has 3 heterocycles. The van der Waals surface area contributed by atoms with Crippen molar-refractivity contribution in [2.24, 2.45) is 5.73 Å². The molecular formula is C25H20N2O3S. The summed E-state index contributed by atoms with van der Waals surface area (Å²) in [5, 5.41) is 2.35. The van der Waals surface area contributed by atoms with E-state index in [0.29, 0.717) is 11.1 Å². The SMILES string of the molecule is CCN1C(=O)C(N)=C(C)/C(=C/c2cc3oc(-c4ccc5ccccc5c4)cc3s2)C1=O. The Labute approximate surface area is 183 Å². The van der Waals surface area contributed by atoms with Crippen molar-refractivity contribution in [3.8, 4) is 11.3 Å². The van der Waals surface area contributed by atoms with Crippen molar-refractivity contribution >= 4 is 50.3 Å². The number of benzene rings is 2. The molecule has 0 aliphatic carbocycles. The van der Waals surface area contributed by atoms with Crippen LogP contribution in [0.25, 0.3) is 38.5 Å². The Balaban J connectivity index is 1.52. The minimum atomic E-state index is -0.429. The van der Waals surface area contributed by atoms with Crippen LogP contribution in [0, 0.1) is 0 Å². The van der Waals surface area contributed by atoms with Gasteiger partial charge in [0.25, 0.3) is 11.8 Å². The van der Waals surface area contributed by atoms with E-state index in [1.54, 1.807) is 19.9 Å². The number of rotatable bonds is 3. The van der Waals surface area contributed by atoms with Gasteiger partial charge < -0.3 is 10.2 Å². The van der Waals surface area contributed by atoms with Crippen LogP contribution in [0.15, 0.2) is 75.9 Å². The van der Waals surface area contributed by atoms with Crippen molar-refractivity contribution in [1.29, 1.82) is 0 Å². The summed E-state index contributed by atoms with van der Waals surface area (Å²) in [5.41, 5.74) is 8.81. The molecule has 0 unspecified atom stereocenters. The summed E-state index contributed by atoms with van der Waals surface area (Å²) in [4.78, 5) is 27.0. The minimum Gasteiger partial charge on any atom is -0.455 e. The number of hydrogen-bond acceptors (Lipinski definition) is 5. The predicted octanol–water partition coefficient (Wildman–Crippen LogP) is 5.32. The molecule has 5 rings (SSSR count). The van der Waals surface area contributed by atoms with E-state index in [9.17, 15) is 9.59 Å². The van der Waals surface area contributed by atoms with Crippen molar-refractivity contribution in [3.63, 3.8) is 0 Å². The Morgan fingerprint density at radius 1 is 1.03 bits per heavy atom. The largest absolute Gasteiger partial charge is 0.455 e. The van der Waals surface area contributed by atoms with Crippen LogP contribution >= 0.6 is 11.3 Å². The maximum absolute atomic E-state index is 12.8. The summed E-state index contributed by atoms with van der Waals surface area (Å²) < 4.78 is 7.10. The molecule has 4 aromatic rings. The highest BCUT2D eigenvalue weighted by molar-refractivity contribution is 7.19. The second kappa shape index (κ2) is 7.25. The lowest BCUT2D eigenvalue weighted by Gasteiger charge is -2.26. The molecule has 0 saturated carbocycles. The first-order valence-corrected chi connectivity index (χ1v) is 10.8. The molecule has 0 saturated heterocycles. The van der Waals surface area contributed by atoms with E-state index < -0.39 is 5.91 Å². The van der Waals surface area contributed by atoms with Crippen LogP contribution in [0.4, 0.5) is 0 Å². The van der Waals surface area contributed by atoms with E-state index in [4.69, 9.17) is 10.2 Å². The number of imide groups is 1. The predicted molar refractivity (Wildman–Crippen MR) is 124 cm³/mol. The van der Waals surface area contributed by atoms with Crippen LogP contribution in [0.2, 0.25) is 0 Å². The summed E-state index contributed by atoms with van der Waals surface area (Å²) in [6.07, 6.45) is 1.79. The Kier molecular flexibility index (Phi) is 4.52. The zero-order valence-corrected chi connectivity index (χ0v) is 18.0. The first kappa shape index (κ1) is 19.3. The molecule has 0 radical (unpaired) electrons. The minimum absolute atomic E-state index is 0.117. The summed E-state index contributed by atoms with van der Waals surface area (Å²) >= 11 is 1.54. The lowest BCUT2D eigenvalue weighted by atomic mass is 9.98. The molecule has 2 aromatic heterocycles. The van der Waals surface area contributed by atoms with E-state index in [1.165, 1.54) is 21.6 Å². The van der Waals surface area contributed by atoms with Crippen molar-refractivity contribution in [2.45, 2.75) is 13.8 Å². The first-order valence-electron chi connectivity index (χ1n) is 10.0. The number of amides is 2. The van der Waals surface area contributed by atoms with Crippen LogP contribution in [-0.4, -0.2) is 23.3 Å². The third kappa shape index (κ3) is 3.16. The third-order valence-corrected chi connectivity index (χ3v) is 6.63. The molecular weight excluding hydrogens is 408 g/mol. The van der Waals surface area contributed by atoms with Gasteiger partial charge in [-0.3, -0.25) is 14.5 Å². The van der Waals surface area contributed by atoms with Gasteiger partial charge in [-0.05, 0) is 48.4 Å². The zero-order chi connectivity index (χ0) is 21.7. The van der Waals surface area contributed by atoms with Gasteiger partial charge in [0.05, 0.1) is 4.70 Å². The summed E-state index contributed by atoms with van der Waals surface area (Å²) in [5.74, 6) is 0.0613. The summed E-state index contributed by atoms with van der Waals surface area (Å²) in [7, 11) is 0. The summed E-state index contributed by atoms with van der Waals surface area (Å²) in [6, 6.07) is 18.4. The molecule has 1 aliphatic heterocycles. The fourth-order valence-electron chi connectivity index (χ4n) is 3.86. The smallest absolute Gasteiger partial charge is 0.276 e. The molecule has 0 spiro atoms. The fourth-order valence-corrected chi connectivity index (χ4v) is 4.82. The maximum atomic E-state index is 12.8. The molecule has 31 heavy (non-hydrogen) atoms. The highest BCUT2D eigenvalue weighted by Crippen LogP contribution is 2.36. The molecule has 2 N–H and O–H groups in total. The lowest BCUT2D eigenvalue weighted by Crippen LogP contribution is -2.44. The van der Waals surface area contributed by atoms with Gasteiger partial charge >= 0.3 is 0 Å². The monoisotopic (exact) mass is 428 g/mol. The van der Waals surface area contributed by atoms with E-state index in [2.05, 4.69) is 30.3 Å². The summed E-state index contributed by atoms with van der Waals surface area (Å²) in [6.45, 7) is 3.75. The van der Waals surface area contributed by atoms with Gasteiger partial charge in [-0.2, -0.15) is 0 Å². The average molecular weight is 429 g/mol. The Morgan fingerprint density at radius 3 is 2.55 bits per heavy atom. The normalized spacial score (nSPS) is 16.3. The van der Waals surface area contributed by atoms with Crippen LogP contribution in [0.1, 0.15) is 18.7 Å². The fraction of sp³-hybridized carbons (Fsp3) is 0.120. The number of nitrogens with zero attached hydrogens (tertiary/aromatic N) is 1. The average Bonchev–Trinajstić information content (AvgIpc) is 3.34. The molecule has 5 nitrogen and oxygen atoms in total. The van der Waals surface area contributed by atoms with Crippen molar-refractivity contribution < 1.29 is 14.0 Å². The molecule has 0 atom stereocenters. The van der Waals surface area contributed by atoms with E-state index in [-0.39, 0.29) is 18.1 Å². The molecule has 2 amide bonds. The third-order valence-electron chi connectivity index (χ3n) is 5.62. The number of thiophene rings is 1. The van der Waals surface area contributed by atoms with E-state index in [1.807, 2.05) is 24.3 Å². The van der Waals surface area contributed by atoms with Crippen LogP contribution in [0.5, 0.6) is 0 Å². The molecule has 6 heteroatoms. The van der Waals surface area contributed by atoms with Gasteiger partial charge in [0, 0.05) is 28.6 Å². The molecule has 2 aromatic carbocycles. The standard InChI is InChI=1S/C25H20N2O3S/c1-3-27-24(28)19(14(2)23(26)25(27)29)11-18-12-21-22(31-18)13-20(30-21)17-9-8-15-6-4-5-7-16(15)10-17/h4-13H,3,26H2,1-2H3/b19-11-. The van der Waals surface area contributed by atoms with Crippen LogP contribution < -0.4 is 5.73 Å². The quantitative estimate of drug-likeness (QED) is 0.354. The highest BCUT2D eigenvalue weighted by atomic mass is 32.1. The zero-order valence-electron chi connectivity index (χ0n) is 17.1. The molecule has 154 valence electrons. The van der Waals surface area contributed by atoms with E-state index in [0.717, 1.165) is 31.9 Å². The lowest BCUT2D eigenvalue weighted by molar-refractivity contribution is -0.140. The van der Waals surface area contributed by atoms with Gasteiger partial charge in [0.1, 0.15) is 17.0 Å². The van der Waals surface area contributed by atoms with Gasteiger partial charge in [-0.15, -0.1) is 11.3 Å². The second-order valence-corrected chi connectivity index (χ2v) is 8.62. The number of furan rings is 1. The maximum Gasteiger partial charge on any atom is 0.276 e. The second-order valence-electron chi connectivity index (χ2n) is 7.50. The van der Waals surface area contributed by atoms with Crippen molar-refractivity contribution in [1.82, 2.24) is 4.90 Å². The Morgan fingerprint density at radius 2 is 1.81 bits per heavy atom. The molecule has 1 aliphatic rings. The van der Waals surface area contributed by atoms with Gasteiger partial charge in [-0.1, -0.05) is 36.4 Å². The molecule has 0 bridgehead atoms. The Hall–Kier alpha value is -3.64. The van der Waals surface area contributed by atoms with Gasteiger partial charge in [-0.25, -0.2) is 0 Å². The van der Waals surface area contributed by atoms with Crippen LogP contribution in [0.3, 0.4) is 0 Å². The topological polar surface area (TPSA) is 76.5 Å². The number of nitrogens with two attached hydrogens (primary N) is 1. The van der Waals surface area contributed by atoms with E-state index >= 15 is 0 Å². The van der Waals surface area contributed by atoms with Crippen LogP contribution in [-0.2, 0) is 9.59 Å². The highest BCUT2D eigenvalue weighted by Gasteiger charge is 2.33. The van der Waals surface area contributed by atoms with Gasteiger partial charge in [0.15, 0.2) is 0 Å². The first-order chi connectivity index (χ1) is 15.0. The van der Waals surface area contributed by atoms with Crippen molar-refractivity contribution in [2.75, 3.05) is 6.54 Å². The number of carbonyl (C=O) groups excluding carboxylic acids is 2. The number of likely N-dealkylation sites (N-methyl/N-ethyl adjacent to an activating group) is 1. The number of hydrogen-bond donors (Lipinski definition) is 1. The van der Waals surface area contributed by atoms with Crippen molar-refractivity contribution in [3.05, 3.63) is 76.3 Å². The van der Waals surface area contributed by atoms with Gasteiger partial charge in [0.2, 0.25) is 0 Å².